The molecule has 0 radical (unpaired) electrons. The number of amides is 2. The molecule has 2 aromatic carbocycles. The lowest BCUT2D eigenvalue weighted by molar-refractivity contribution is -0.138. The number of halogens is 3. The highest BCUT2D eigenvalue weighted by Gasteiger charge is 2.25. The molecule has 2 amide bonds. The zero-order valence-corrected chi connectivity index (χ0v) is 19.5. The van der Waals surface area contributed by atoms with Crippen LogP contribution in [0.2, 0.25) is 10.0 Å². The molecule has 0 saturated heterocycles. The van der Waals surface area contributed by atoms with Gasteiger partial charge in [0, 0.05) is 33.9 Å². The molecule has 2 aromatic rings. The second-order valence-electron chi connectivity index (χ2n) is 6.13. The molecule has 150 valence electrons. The molecule has 0 aromatic heterocycles. The molecule has 0 aliphatic carbocycles. The third-order valence-corrected chi connectivity index (χ3v) is 6.33. The number of nitrogens with zero attached hydrogens (tertiary/aromatic N) is 1. The van der Waals surface area contributed by atoms with Crippen molar-refractivity contribution in [3.63, 3.8) is 0 Å². The Morgan fingerprint density at radius 3 is 2.43 bits per heavy atom. The van der Waals surface area contributed by atoms with Crippen LogP contribution in [-0.4, -0.2) is 35.6 Å². The van der Waals surface area contributed by atoms with Gasteiger partial charge >= 0.3 is 0 Å². The lowest BCUT2D eigenvalue weighted by Crippen LogP contribution is -2.47. The van der Waals surface area contributed by atoms with Gasteiger partial charge in [-0.3, -0.25) is 9.59 Å². The molecule has 0 aliphatic heterocycles. The molecule has 4 nitrogen and oxygen atoms in total. The van der Waals surface area contributed by atoms with Crippen molar-refractivity contribution in [3.8, 4) is 0 Å². The molecule has 0 fully saturated rings. The lowest BCUT2D eigenvalue weighted by Gasteiger charge is -2.28. The Balaban J connectivity index is 2.08. The monoisotopic (exact) mass is 502 g/mol. The minimum atomic E-state index is -0.582. The van der Waals surface area contributed by atoms with Crippen LogP contribution < -0.4 is 5.32 Å². The van der Waals surface area contributed by atoms with E-state index in [-0.39, 0.29) is 17.6 Å². The SMILES string of the molecule is CNC(=O)C(C)N(Cc1cccc(Br)c1)C(=O)CSCc1c(Cl)cccc1Cl. The van der Waals surface area contributed by atoms with Gasteiger partial charge in [0.1, 0.15) is 6.04 Å². The topological polar surface area (TPSA) is 49.4 Å². The number of nitrogens with one attached hydrogen (secondary N) is 1. The van der Waals surface area contributed by atoms with Crippen molar-refractivity contribution in [2.75, 3.05) is 12.8 Å². The highest BCUT2D eigenvalue weighted by molar-refractivity contribution is 9.10. The van der Waals surface area contributed by atoms with Crippen LogP contribution in [0.3, 0.4) is 0 Å². The van der Waals surface area contributed by atoms with Gasteiger partial charge in [-0.05, 0) is 42.3 Å². The van der Waals surface area contributed by atoms with Crippen LogP contribution in [0.25, 0.3) is 0 Å². The fourth-order valence-corrected chi connectivity index (χ4v) is 4.71. The average molecular weight is 504 g/mol. The van der Waals surface area contributed by atoms with E-state index in [1.54, 1.807) is 37.1 Å². The summed E-state index contributed by atoms with van der Waals surface area (Å²) in [5.74, 6) is 0.409. The van der Waals surface area contributed by atoms with Crippen LogP contribution >= 0.6 is 50.9 Å². The van der Waals surface area contributed by atoms with Crippen molar-refractivity contribution in [2.24, 2.45) is 0 Å². The fraction of sp³-hybridized carbons (Fsp3) is 0.300. The smallest absolute Gasteiger partial charge is 0.242 e. The Morgan fingerprint density at radius 1 is 1.18 bits per heavy atom. The molecule has 1 atom stereocenters. The van der Waals surface area contributed by atoms with Gasteiger partial charge in [0.2, 0.25) is 11.8 Å². The van der Waals surface area contributed by atoms with E-state index >= 15 is 0 Å². The van der Waals surface area contributed by atoms with E-state index in [2.05, 4.69) is 21.2 Å². The summed E-state index contributed by atoms with van der Waals surface area (Å²) in [6.45, 7) is 2.07. The molecule has 1 unspecified atom stereocenters. The predicted octanol–water partition coefficient (Wildman–Crippen LogP) is 5.15. The number of carbonyl (C=O) groups excluding carboxylic acids is 2. The zero-order valence-electron chi connectivity index (χ0n) is 15.5. The second-order valence-corrected chi connectivity index (χ2v) is 8.85. The fourth-order valence-electron chi connectivity index (χ4n) is 2.62. The number of carbonyl (C=O) groups is 2. The standard InChI is InChI=1S/C20H21BrCl2N2O2S/c1-13(20(27)24-2)25(10-14-5-3-6-15(21)9-14)19(26)12-28-11-16-17(22)7-4-8-18(16)23/h3-9,13H,10-12H2,1-2H3,(H,24,27). The van der Waals surface area contributed by atoms with Gasteiger partial charge in [-0.2, -0.15) is 0 Å². The molecule has 8 heteroatoms. The van der Waals surface area contributed by atoms with E-state index < -0.39 is 6.04 Å². The van der Waals surface area contributed by atoms with Gasteiger partial charge in [0.05, 0.1) is 5.75 Å². The van der Waals surface area contributed by atoms with Gasteiger partial charge in [-0.15, -0.1) is 11.8 Å². The lowest BCUT2D eigenvalue weighted by atomic mass is 10.1. The molecule has 0 heterocycles. The first kappa shape index (κ1) is 23.1. The first-order chi connectivity index (χ1) is 13.3. The molecule has 2 rings (SSSR count). The molecule has 0 saturated carbocycles. The average Bonchev–Trinajstić information content (AvgIpc) is 2.67. The maximum Gasteiger partial charge on any atom is 0.242 e. The van der Waals surface area contributed by atoms with E-state index in [4.69, 9.17) is 23.2 Å². The molecule has 1 N–H and O–H groups in total. The highest BCUT2D eigenvalue weighted by atomic mass is 79.9. The van der Waals surface area contributed by atoms with Gasteiger partial charge in [-0.25, -0.2) is 0 Å². The third kappa shape index (κ3) is 6.41. The Morgan fingerprint density at radius 2 is 1.82 bits per heavy atom. The maximum absolute atomic E-state index is 12.9. The Hall–Kier alpha value is -1.21. The van der Waals surface area contributed by atoms with Crippen molar-refractivity contribution >= 4 is 62.7 Å². The van der Waals surface area contributed by atoms with E-state index in [1.807, 2.05) is 24.3 Å². The van der Waals surface area contributed by atoms with Crippen molar-refractivity contribution in [2.45, 2.75) is 25.3 Å². The first-order valence-electron chi connectivity index (χ1n) is 8.59. The van der Waals surface area contributed by atoms with E-state index in [1.165, 1.54) is 11.8 Å². The summed E-state index contributed by atoms with van der Waals surface area (Å²) in [6, 6.07) is 12.4. The van der Waals surface area contributed by atoms with Crippen LogP contribution in [0.4, 0.5) is 0 Å². The summed E-state index contributed by atoms with van der Waals surface area (Å²) in [7, 11) is 1.56. The van der Waals surface area contributed by atoms with E-state index in [0.717, 1.165) is 15.6 Å². The predicted molar refractivity (Wildman–Crippen MR) is 121 cm³/mol. The largest absolute Gasteiger partial charge is 0.357 e. The van der Waals surface area contributed by atoms with E-state index in [9.17, 15) is 9.59 Å². The molecule has 28 heavy (non-hydrogen) atoms. The Bertz CT molecular complexity index is 830. The van der Waals surface area contributed by atoms with E-state index in [0.29, 0.717) is 22.3 Å². The van der Waals surface area contributed by atoms with Crippen molar-refractivity contribution < 1.29 is 9.59 Å². The van der Waals surface area contributed by atoms with Crippen LogP contribution in [0.1, 0.15) is 18.1 Å². The van der Waals surface area contributed by atoms with Gasteiger partial charge in [0.15, 0.2) is 0 Å². The van der Waals surface area contributed by atoms with Crippen molar-refractivity contribution in [1.82, 2.24) is 10.2 Å². The van der Waals surface area contributed by atoms with Crippen LogP contribution in [0, 0.1) is 0 Å². The summed E-state index contributed by atoms with van der Waals surface area (Å²) in [6.07, 6.45) is 0. The number of hydrogen-bond acceptors (Lipinski definition) is 3. The molecule has 0 aliphatic rings. The van der Waals surface area contributed by atoms with Crippen molar-refractivity contribution in [3.05, 3.63) is 68.1 Å². The quantitative estimate of drug-likeness (QED) is 0.541. The zero-order chi connectivity index (χ0) is 20.7. The Labute approximate surface area is 188 Å². The molecular weight excluding hydrogens is 483 g/mol. The summed E-state index contributed by atoms with van der Waals surface area (Å²) in [5, 5.41) is 3.77. The maximum atomic E-state index is 12.9. The summed E-state index contributed by atoms with van der Waals surface area (Å²) in [5.41, 5.74) is 1.75. The normalized spacial score (nSPS) is 11.8. The highest BCUT2D eigenvalue weighted by Crippen LogP contribution is 2.28. The number of thioether (sulfide) groups is 1. The van der Waals surface area contributed by atoms with Gasteiger partial charge in [0.25, 0.3) is 0 Å². The Kier molecular flexibility index (Phi) is 9.15. The molecular formula is C20H21BrCl2N2O2S. The minimum absolute atomic E-state index is 0.121. The van der Waals surface area contributed by atoms with Gasteiger partial charge < -0.3 is 10.2 Å². The number of rotatable bonds is 8. The van der Waals surface area contributed by atoms with Crippen LogP contribution in [0.5, 0.6) is 0 Å². The third-order valence-electron chi connectivity index (χ3n) is 4.19. The van der Waals surface area contributed by atoms with Crippen LogP contribution in [-0.2, 0) is 21.9 Å². The number of hydrogen-bond donors (Lipinski definition) is 1. The summed E-state index contributed by atoms with van der Waals surface area (Å²) in [4.78, 5) is 26.6. The second kappa shape index (κ2) is 11.1. The summed E-state index contributed by atoms with van der Waals surface area (Å²) >= 11 is 17.2. The number of likely N-dealkylation sites (N-methyl/N-ethyl adjacent to an activating group) is 1. The minimum Gasteiger partial charge on any atom is -0.357 e. The number of benzene rings is 2. The summed E-state index contributed by atoms with van der Waals surface area (Å²) < 4.78 is 0.924. The van der Waals surface area contributed by atoms with Crippen LogP contribution in [0.15, 0.2) is 46.9 Å². The molecule has 0 bridgehead atoms. The first-order valence-corrected chi connectivity index (χ1v) is 11.3. The molecule has 0 spiro atoms. The van der Waals surface area contributed by atoms with Crippen molar-refractivity contribution in [1.29, 1.82) is 0 Å². The van der Waals surface area contributed by atoms with Gasteiger partial charge in [-0.1, -0.05) is 57.3 Å².